The summed E-state index contributed by atoms with van der Waals surface area (Å²) in [6.45, 7) is 4.44. The van der Waals surface area contributed by atoms with Crippen LogP contribution in [0, 0.1) is 6.92 Å². The van der Waals surface area contributed by atoms with E-state index in [0.29, 0.717) is 0 Å². The third kappa shape index (κ3) is 5.45. The van der Waals surface area contributed by atoms with Crippen molar-refractivity contribution in [2.24, 2.45) is 0 Å². The van der Waals surface area contributed by atoms with E-state index in [1.807, 2.05) is 0 Å². The summed E-state index contributed by atoms with van der Waals surface area (Å²) in [7, 11) is -4.04. The molecule has 0 fully saturated rings. The Kier molecular flexibility index (Phi) is 8.21. The smallest absolute Gasteiger partial charge is 0.348 e. The van der Waals surface area contributed by atoms with Gasteiger partial charge in [-0.15, -0.1) is 11.3 Å². The van der Waals surface area contributed by atoms with Gasteiger partial charge in [-0.1, -0.05) is 12.1 Å². The van der Waals surface area contributed by atoms with Crippen LogP contribution in [0.25, 0.3) is 0 Å². The SMILES string of the molecule is CCOC(=O)c1sc(NC(=O)CN2C(=O)CC(c3ccco3)S(=O)(=O)c3ccccc32)c(C(=O)OCC)c1C. The Bertz CT molecular complexity index is 1520. The average molecular weight is 575 g/mol. The summed E-state index contributed by atoms with van der Waals surface area (Å²) >= 11 is 0.849. The van der Waals surface area contributed by atoms with E-state index >= 15 is 0 Å². The number of hydrogen-bond donors (Lipinski definition) is 1. The van der Waals surface area contributed by atoms with Crippen molar-refractivity contribution in [3.05, 3.63) is 64.4 Å². The Morgan fingerprint density at radius 1 is 1.08 bits per heavy atom. The second kappa shape index (κ2) is 11.4. The Morgan fingerprint density at radius 2 is 1.77 bits per heavy atom. The molecule has 1 aromatic carbocycles. The van der Waals surface area contributed by atoms with Gasteiger partial charge in [0, 0.05) is 0 Å². The minimum Gasteiger partial charge on any atom is -0.468 e. The minimum atomic E-state index is -4.04. The number of hydrogen-bond acceptors (Lipinski definition) is 10. The van der Waals surface area contributed by atoms with Crippen molar-refractivity contribution in [2.45, 2.75) is 37.3 Å². The van der Waals surface area contributed by atoms with Crippen molar-refractivity contribution in [3.8, 4) is 0 Å². The highest BCUT2D eigenvalue weighted by molar-refractivity contribution is 7.92. The number of nitrogens with zero attached hydrogens (tertiary/aromatic N) is 1. The second-order valence-electron chi connectivity index (χ2n) is 8.45. The molecule has 39 heavy (non-hydrogen) atoms. The minimum absolute atomic E-state index is 0.00121. The van der Waals surface area contributed by atoms with Gasteiger partial charge in [0.1, 0.15) is 27.4 Å². The molecule has 0 saturated heterocycles. The monoisotopic (exact) mass is 574 g/mol. The van der Waals surface area contributed by atoms with Gasteiger partial charge in [-0.25, -0.2) is 18.0 Å². The van der Waals surface area contributed by atoms with E-state index in [9.17, 15) is 27.6 Å². The van der Waals surface area contributed by atoms with Crippen LogP contribution in [0.15, 0.2) is 52.0 Å². The number of esters is 2. The first-order valence-electron chi connectivity index (χ1n) is 12.0. The molecular weight excluding hydrogens is 548 g/mol. The second-order valence-corrected chi connectivity index (χ2v) is 11.6. The highest BCUT2D eigenvalue weighted by Gasteiger charge is 2.41. The zero-order valence-electron chi connectivity index (χ0n) is 21.4. The van der Waals surface area contributed by atoms with Gasteiger partial charge in [0.15, 0.2) is 9.84 Å². The van der Waals surface area contributed by atoms with E-state index in [-0.39, 0.29) is 50.6 Å². The fourth-order valence-corrected chi connectivity index (χ4v) is 7.19. The first-order valence-corrected chi connectivity index (χ1v) is 14.4. The molecule has 0 radical (unpaired) electrons. The number of fused-ring (bicyclic) bond motifs is 1. The molecule has 13 heteroatoms. The Labute approximate surface area is 228 Å². The molecule has 4 rings (SSSR count). The number of thiophene rings is 1. The molecule has 2 amide bonds. The first-order chi connectivity index (χ1) is 18.6. The predicted octanol–water partition coefficient (Wildman–Crippen LogP) is 3.89. The molecule has 0 bridgehead atoms. The van der Waals surface area contributed by atoms with Gasteiger partial charge >= 0.3 is 11.9 Å². The van der Waals surface area contributed by atoms with Gasteiger partial charge in [0.2, 0.25) is 11.8 Å². The van der Waals surface area contributed by atoms with E-state index in [2.05, 4.69) is 5.32 Å². The molecule has 1 aliphatic heterocycles. The Balaban J connectivity index is 1.68. The molecule has 0 aliphatic carbocycles. The third-order valence-corrected chi connectivity index (χ3v) is 9.29. The molecule has 3 heterocycles. The highest BCUT2D eigenvalue weighted by atomic mass is 32.2. The summed E-state index contributed by atoms with van der Waals surface area (Å²) in [5, 5.41) is 1.38. The normalized spacial score (nSPS) is 16.2. The van der Waals surface area contributed by atoms with Gasteiger partial charge in [-0.3, -0.25) is 9.59 Å². The van der Waals surface area contributed by atoms with Crippen LogP contribution in [0.1, 0.15) is 56.9 Å². The topological polar surface area (TPSA) is 149 Å². The molecule has 206 valence electrons. The fraction of sp³-hybridized carbons (Fsp3) is 0.308. The van der Waals surface area contributed by atoms with E-state index in [0.717, 1.165) is 16.2 Å². The number of rotatable bonds is 8. The van der Waals surface area contributed by atoms with Crippen LogP contribution in [0.3, 0.4) is 0 Å². The number of furan rings is 1. The lowest BCUT2D eigenvalue weighted by Gasteiger charge is -2.21. The predicted molar refractivity (Wildman–Crippen MR) is 142 cm³/mol. The molecule has 0 saturated carbocycles. The van der Waals surface area contributed by atoms with Crippen LogP contribution in [0.4, 0.5) is 10.7 Å². The van der Waals surface area contributed by atoms with Crippen molar-refractivity contribution in [1.82, 2.24) is 0 Å². The van der Waals surface area contributed by atoms with Crippen LogP contribution in [-0.4, -0.2) is 51.9 Å². The standard InChI is InChI=1S/C26H26N2O9S2/c1-4-35-25(31)22-15(3)23(26(32)36-5-2)38-24(22)27-20(29)14-28-16-9-6-7-11-18(16)39(33,34)19(13-21(28)30)17-10-8-12-37-17/h6-12,19H,4-5,13-14H2,1-3H3,(H,27,29). The van der Waals surface area contributed by atoms with Crippen LogP contribution in [-0.2, 0) is 28.9 Å². The number of sulfone groups is 1. The van der Waals surface area contributed by atoms with Crippen LogP contribution < -0.4 is 10.2 Å². The molecule has 1 unspecified atom stereocenters. The summed E-state index contributed by atoms with van der Waals surface area (Å²) in [6.07, 6.45) is 0.878. The molecule has 2 aromatic heterocycles. The number of para-hydroxylation sites is 1. The van der Waals surface area contributed by atoms with Crippen molar-refractivity contribution in [3.63, 3.8) is 0 Å². The third-order valence-electron chi connectivity index (χ3n) is 6.00. The average Bonchev–Trinajstić information content (AvgIpc) is 3.52. The molecular formula is C26H26N2O9S2. The number of benzene rings is 1. The number of carbonyl (C=O) groups excluding carboxylic acids is 4. The van der Waals surface area contributed by atoms with E-state index in [1.165, 1.54) is 36.6 Å². The van der Waals surface area contributed by atoms with Crippen molar-refractivity contribution < 1.29 is 41.5 Å². The van der Waals surface area contributed by atoms with E-state index < -0.39 is 51.8 Å². The lowest BCUT2D eigenvalue weighted by Crippen LogP contribution is -2.38. The zero-order chi connectivity index (χ0) is 28.3. The van der Waals surface area contributed by atoms with E-state index in [4.69, 9.17) is 13.9 Å². The summed E-state index contributed by atoms with van der Waals surface area (Å²) in [4.78, 5) is 52.8. The molecule has 0 spiro atoms. The van der Waals surface area contributed by atoms with Gasteiger partial charge in [0.05, 0.1) is 42.0 Å². The molecule has 1 atom stereocenters. The summed E-state index contributed by atoms with van der Waals surface area (Å²) in [5.74, 6) is -2.60. The summed E-state index contributed by atoms with van der Waals surface area (Å²) in [5.41, 5.74) is 0.337. The van der Waals surface area contributed by atoms with Crippen LogP contribution in [0.2, 0.25) is 0 Å². The largest absolute Gasteiger partial charge is 0.468 e. The van der Waals surface area contributed by atoms with E-state index in [1.54, 1.807) is 26.8 Å². The van der Waals surface area contributed by atoms with Gasteiger partial charge in [-0.05, 0) is 50.6 Å². The molecule has 1 aliphatic rings. The lowest BCUT2D eigenvalue weighted by molar-refractivity contribution is -0.121. The van der Waals surface area contributed by atoms with Crippen LogP contribution in [0.5, 0.6) is 0 Å². The maximum Gasteiger partial charge on any atom is 0.348 e. The summed E-state index contributed by atoms with van der Waals surface area (Å²) in [6, 6.07) is 8.93. The molecule has 1 N–H and O–H groups in total. The van der Waals surface area contributed by atoms with Crippen molar-refractivity contribution in [2.75, 3.05) is 30.0 Å². The maximum absolute atomic E-state index is 13.5. The number of anilines is 2. The molecule has 11 nitrogen and oxygen atoms in total. The number of amides is 2. The molecule has 3 aromatic rings. The lowest BCUT2D eigenvalue weighted by atomic mass is 10.1. The summed E-state index contributed by atoms with van der Waals surface area (Å²) < 4.78 is 42.5. The zero-order valence-corrected chi connectivity index (χ0v) is 23.0. The maximum atomic E-state index is 13.5. The highest BCUT2D eigenvalue weighted by Crippen LogP contribution is 2.41. The Hall–Kier alpha value is -3.97. The number of nitrogens with one attached hydrogen (secondary N) is 1. The number of ether oxygens (including phenoxy) is 2. The van der Waals surface area contributed by atoms with Gasteiger partial charge in [-0.2, -0.15) is 0 Å². The van der Waals surface area contributed by atoms with Gasteiger partial charge < -0.3 is 24.1 Å². The Morgan fingerprint density at radius 3 is 2.44 bits per heavy atom. The quantitative estimate of drug-likeness (QED) is 0.395. The first kappa shape index (κ1) is 28.0. The van der Waals surface area contributed by atoms with Crippen LogP contribution >= 0.6 is 11.3 Å². The fourth-order valence-electron chi connectivity index (χ4n) is 4.24. The van der Waals surface area contributed by atoms with Crippen molar-refractivity contribution >= 4 is 55.6 Å². The van der Waals surface area contributed by atoms with Crippen molar-refractivity contribution in [1.29, 1.82) is 0 Å². The number of carbonyl (C=O) groups is 4. The van der Waals surface area contributed by atoms with Gasteiger partial charge in [0.25, 0.3) is 0 Å².